The molecule has 1 saturated heterocycles. The number of rotatable bonds is 5. The van der Waals surface area contributed by atoms with Crippen LogP contribution < -0.4 is 10.6 Å². The maximum Gasteiger partial charge on any atom is 0.253 e. The average molecular weight is 495 g/mol. The second kappa shape index (κ2) is 9.24. The smallest absolute Gasteiger partial charge is 0.253 e. The lowest BCUT2D eigenvalue weighted by atomic mass is 9.88. The first kappa shape index (κ1) is 21.1. The number of aryl methyl sites for hydroxylation is 1. The molecule has 1 aliphatic carbocycles. The molecule has 2 unspecified atom stereocenters. The van der Waals surface area contributed by atoms with Gasteiger partial charge in [-0.3, -0.25) is 4.79 Å². The molecule has 1 fully saturated rings. The molecule has 2 heterocycles. The fourth-order valence-electron chi connectivity index (χ4n) is 3.64. The highest BCUT2D eigenvalue weighted by molar-refractivity contribution is 14.1. The minimum absolute atomic E-state index is 0.160. The van der Waals surface area contributed by atoms with Crippen molar-refractivity contribution < 1.29 is 4.79 Å². The monoisotopic (exact) mass is 495 g/mol. The molecule has 0 aromatic carbocycles. The summed E-state index contributed by atoms with van der Waals surface area (Å²) in [4.78, 5) is 24.0. The van der Waals surface area contributed by atoms with Crippen LogP contribution in [-0.2, 0) is 4.79 Å². The van der Waals surface area contributed by atoms with E-state index in [9.17, 15) is 4.79 Å². The fraction of sp³-hybridized carbons (Fsp3) is 0.571. The zero-order valence-electron chi connectivity index (χ0n) is 17.1. The van der Waals surface area contributed by atoms with Crippen LogP contribution in [-0.4, -0.2) is 46.5 Å². The molecule has 2 N–H and O–H groups in total. The van der Waals surface area contributed by atoms with Crippen LogP contribution in [0.1, 0.15) is 39.3 Å². The third kappa shape index (κ3) is 5.04. The molecule has 0 spiro atoms. The number of nitrogens with one attached hydrogen (secondary N) is 2. The van der Waals surface area contributed by atoms with E-state index in [2.05, 4.69) is 76.1 Å². The molecule has 2 aliphatic rings. The molecule has 1 aromatic rings. The van der Waals surface area contributed by atoms with Crippen molar-refractivity contribution in [1.82, 2.24) is 14.9 Å². The van der Waals surface area contributed by atoms with E-state index in [1.807, 2.05) is 17.9 Å². The SMILES string of the molecule is CCNc1cc(C)nc(NC2CCN(C(=O)C3=CC(C)C(C)C(I)=C3)CC2)n1. The fourth-order valence-corrected chi connectivity index (χ4v) is 4.54. The summed E-state index contributed by atoms with van der Waals surface area (Å²) in [5.74, 6) is 2.57. The summed E-state index contributed by atoms with van der Waals surface area (Å²) in [6.07, 6.45) is 5.99. The van der Waals surface area contributed by atoms with Crippen LogP contribution in [0.3, 0.4) is 0 Å². The van der Waals surface area contributed by atoms with Crippen molar-refractivity contribution in [3.63, 3.8) is 0 Å². The maximum atomic E-state index is 12.9. The number of piperidine rings is 1. The molecule has 0 saturated carbocycles. The molecule has 7 heteroatoms. The van der Waals surface area contributed by atoms with Crippen molar-refractivity contribution in [2.24, 2.45) is 11.8 Å². The Morgan fingerprint density at radius 3 is 2.64 bits per heavy atom. The summed E-state index contributed by atoms with van der Waals surface area (Å²) in [6, 6.07) is 2.24. The van der Waals surface area contributed by atoms with E-state index < -0.39 is 0 Å². The molecule has 0 bridgehead atoms. The van der Waals surface area contributed by atoms with Gasteiger partial charge in [0, 0.05) is 43.0 Å². The number of carbonyl (C=O) groups is 1. The van der Waals surface area contributed by atoms with Gasteiger partial charge >= 0.3 is 0 Å². The normalized spacial score (nSPS) is 23.1. The summed E-state index contributed by atoms with van der Waals surface area (Å²) in [6.45, 7) is 10.8. The van der Waals surface area contributed by atoms with Gasteiger partial charge in [-0.05, 0) is 70.8 Å². The number of hydrogen-bond acceptors (Lipinski definition) is 5. The summed E-state index contributed by atoms with van der Waals surface area (Å²) < 4.78 is 1.26. The van der Waals surface area contributed by atoms with E-state index in [4.69, 9.17) is 0 Å². The van der Waals surface area contributed by atoms with E-state index in [-0.39, 0.29) is 11.9 Å². The molecule has 152 valence electrons. The molecule has 3 rings (SSSR count). The van der Waals surface area contributed by atoms with Gasteiger partial charge in [0.15, 0.2) is 0 Å². The number of likely N-dealkylation sites (tertiary alicyclic amines) is 1. The Labute approximate surface area is 181 Å². The Bertz CT molecular complexity index is 783. The summed E-state index contributed by atoms with van der Waals surface area (Å²) in [7, 11) is 0. The van der Waals surface area contributed by atoms with Gasteiger partial charge in [0.25, 0.3) is 5.91 Å². The number of amides is 1. The zero-order valence-corrected chi connectivity index (χ0v) is 19.3. The summed E-state index contributed by atoms with van der Waals surface area (Å²) in [5.41, 5.74) is 1.79. The summed E-state index contributed by atoms with van der Waals surface area (Å²) in [5, 5.41) is 6.69. The lowest BCUT2D eigenvalue weighted by Gasteiger charge is -2.33. The molecule has 2 atom stereocenters. The van der Waals surface area contributed by atoms with E-state index in [1.165, 1.54) is 3.58 Å². The molecule has 1 amide bonds. The number of allylic oxidation sites excluding steroid dienone is 2. The predicted molar refractivity (Wildman–Crippen MR) is 123 cm³/mol. The molecular formula is C21H30IN5O. The van der Waals surface area contributed by atoms with Crippen LogP contribution in [0.15, 0.2) is 27.4 Å². The minimum atomic E-state index is 0.160. The number of carbonyl (C=O) groups excluding carboxylic acids is 1. The van der Waals surface area contributed by atoms with E-state index in [0.29, 0.717) is 17.8 Å². The van der Waals surface area contributed by atoms with Crippen molar-refractivity contribution in [1.29, 1.82) is 0 Å². The number of aromatic nitrogens is 2. The van der Waals surface area contributed by atoms with E-state index in [1.54, 1.807) is 0 Å². The largest absolute Gasteiger partial charge is 0.370 e. The molecule has 1 aliphatic heterocycles. The highest BCUT2D eigenvalue weighted by Gasteiger charge is 2.28. The van der Waals surface area contributed by atoms with Gasteiger partial charge in [-0.1, -0.05) is 19.9 Å². The third-order valence-corrected chi connectivity index (χ3v) is 6.83. The Kier molecular flexibility index (Phi) is 6.95. The van der Waals surface area contributed by atoms with Crippen LogP contribution >= 0.6 is 22.6 Å². The molecule has 1 aromatic heterocycles. The van der Waals surface area contributed by atoms with Crippen molar-refractivity contribution in [3.05, 3.63) is 33.1 Å². The third-order valence-electron chi connectivity index (χ3n) is 5.53. The second-order valence-corrected chi connectivity index (χ2v) is 9.00. The minimum Gasteiger partial charge on any atom is -0.370 e. The standard InChI is InChI=1S/C21H30IN5O/c1-5-23-19-11-14(3)24-21(26-19)25-17-6-8-27(9-7-17)20(28)16-10-13(2)15(4)18(22)12-16/h10-13,15,17H,5-9H2,1-4H3,(H2,23,24,25,26). The van der Waals surface area contributed by atoms with Crippen LogP contribution in [0.2, 0.25) is 0 Å². The van der Waals surface area contributed by atoms with E-state index >= 15 is 0 Å². The van der Waals surface area contributed by atoms with Crippen molar-refractivity contribution in [2.45, 2.75) is 46.6 Å². The molecule has 6 nitrogen and oxygen atoms in total. The predicted octanol–water partition coefficient (Wildman–Crippen LogP) is 4.15. The van der Waals surface area contributed by atoms with E-state index in [0.717, 1.165) is 49.6 Å². The number of halogens is 1. The summed E-state index contributed by atoms with van der Waals surface area (Å²) >= 11 is 2.36. The molecule has 28 heavy (non-hydrogen) atoms. The van der Waals surface area contributed by atoms with Gasteiger partial charge in [-0.25, -0.2) is 4.98 Å². The lowest BCUT2D eigenvalue weighted by molar-refractivity contribution is -0.127. The quantitative estimate of drug-likeness (QED) is 0.601. The highest BCUT2D eigenvalue weighted by Crippen LogP contribution is 2.33. The van der Waals surface area contributed by atoms with Gasteiger partial charge in [-0.15, -0.1) is 0 Å². The molecule has 0 radical (unpaired) electrons. The van der Waals surface area contributed by atoms with Crippen molar-refractivity contribution in [2.75, 3.05) is 30.3 Å². The van der Waals surface area contributed by atoms with Gasteiger partial charge in [0.05, 0.1) is 0 Å². The first-order valence-corrected chi connectivity index (χ1v) is 11.2. The topological polar surface area (TPSA) is 70.2 Å². The maximum absolute atomic E-state index is 12.9. The molecular weight excluding hydrogens is 465 g/mol. The van der Waals surface area contributed by atoms with Crippen molar-refractivity contribution in [3.8, 4) is 0 Å². The Morgan fingerprint density at radius 1 is 1.29 bits per heavy atom. The number of hydrogen-bond donors (Lipinski definition) is 2. The first-order valence-electron chi connectivity index (χ1n) is 10.1. The second-order valence-electron chi connectivity index (χ2n) is 7.76. The Morgan fingerprint density at radius 2 is 2.00 bits per heavy atom. The Balaban J connectivity index is 1.58. The average Bonchev–Trinajstić information content (AvgIpc) is 2.65. The van der Waals surface area contributed by atoms with Crippen LogP contribution in [0.25, 0.3) is 0 Å². The van der Waals surface area contributed by atoms with Crippen LogP contribution in [0.5, 0.6) is 0 Å². The van der Waals surface area contributed by atoms with Crippen LogP contribution in [0, 0.1) is 18.8 Å². The van der Waals surface area contributed by atoms with Gasteiger partial charge in [0.1, 0.15) is 5.82 Å². The van der Waals surface area contributed by atoms with Gasteiger partial charge in [-0.2, -0.15) is 4.98 Å². The number of nitrogens with zero attached hydrogens (tertiary/aromatic N) is 3. The van der Waals surface area contributed by atoms with Gasteiger partial charge in [0.2, 0.25) is 5.95 Å². The lowest BCUT2D eigenvalue weighted by Crippen LogP contribution is -2.43. The first-order chi connectivity index (χ1) is 13.4. The highest BCUT2D eigenvalue weighted by atomic mass is 127. The number of anilines is 2. The van der Waals surface area contributed by atoms with Crippen molar-refractivity contribution >= 4 is 40.3 Å². The zero-order chi connectivity index (χ0) is 20.3. The Hall–Kier alpha value is -1.64. The van der Waals surface area contributed by atoms with Gasteiger partial charge < -0.3 is 15.5 Å². The van der Waals surface area contributed by atoms with Crippen LogP contribution in [0.4, 0.5) is 11.8 Å².